The van der Waals surface area contributed by atoms with Crippen LogP contribution in [0.5, 0.6) is 5.75 Å². The van der Waals surface area contributed by atoms with Gasteiger partial charge in [-0.2, -0.15) is 5.16 Å². The molecule has 4 nitrogen and oxygen atoms in total. The van der Waals surface area contributed by atoms with Crippen LogP contribution < -0.4 is 40.2 Å². The molecule has 0 aliphatic heterocycles. The minimum absolute atomic E-state index is 0. The Hall–Kier alpha value is -0.710. The zero-order chi connectivity index (χ0) is 7.84. The van der Waals surface area contributed by atoms with Crippen LogP contribution in [0.1, 0.15) is 0 Å². The fourth-order valence-corrected chi connectivity index (χ4v) is 0.931. The number of fused-ring (bicyclic) bond motifs is 1. The molecule has 0 spiro atoms. The number of hydrogen-bond donors (Lipinski definition) is 1. The molecule has 0 bridgehead atoms. The third kappa shape index (κ3) is 1.41. The van der Waals surface area contributed by atoms with Crippen molar-refractivity contribution in [2.45, 2.75) is 0 Å². The van der Waals surface area contributed by atoms with Crippen LogP contribution in [0.25, 0.3) is 11.0 Å². The molecule has 1 aromatic heterocycles. The number of benzene rings is 1. The van der Waals surface area contributed by atoms with Crippen LogP contribution in [0.2, 0.25) is 0 Å². The summed E-state index contributed by atoms with van der Waals surface area (Å²) in [4.78, 5) is 10.8. The first-order chi connectivity index (χ1) is 5.27. The van der Waals surface area contributed by atoms with Gasteiger partial charge in [-0.05, 0) is 12.1 Å². The predicted molar refractivity (Wildman–Crippen MR) is 36.3 cm³/mol. The first-order valence-corrected chi connectivity index (χ1v) is 3.05. The average molecular weight is 173 g/mol. The summed E-state index contributed by atoms with van der Waals surface area (Å²) in [5.74, 6) is -0.166. The van der Waals surface area contributed by atoms with E-state index >= 15 is 0 Å². The van der Waals surface area contributed by atoms with Crippen molar-refractivity contribution in [3.05, 3.63) is 28.6 Å². The summed E-state index contributed by atoms with van der Waals surface area (Å²) >= 11 is 0. The Labute approximate surface area is 89.4 Å². The van der Waals surface area contributed by atoms with Gasteiger partial charge in [0.05, 0.1) is 5.39 Å². The molecular formula is C7H4NNaO3. The maximum atomic E-state index is 10.8. The monoisotopic (exact) mass is 173 g/mol. The second-order valence-electron chi connectivity index (χ2n) is 2.19. The van der Waals surface area contributed by atoms with Gasteiger partial charge < -0.3 is 9.63 Å². The molecule has 0 saturated heterocycles. The van der Waals surface area contributed by atoms with Crippen molar-refractivity contribution in [2.24, 2.45) is 0 Å². The number of nitrogens with one attached hydrogen (secondary N) is 1. The Kier molecular flexibility index (Phi) is 2.62. The van der Waals surface area contributed by atoms with E-state index in [1.807, 2.05) is 0 Å². The molecule has 1 heterocycles. The van der Waals surface area contributed by atoms with Gasteiger partial charge in [0.15, 0.2) is 5.58 Å². The second kappa shape index (κ2) is 3.35. The molecule has 0 radical (unpaired) electrons. The van der Waals surface area contributed by atoms with Crippen molar-refractivity contribution < 1.29 is 39.2 Å². The molecule has 1 aromatic carbocycles. The topological polar surface area (TPSA) is 69.1 Å². The largest absolute Gasteiger partial charge is 1.00 e. The Balaban J connectivity index is 0.000000720. The Morgan fingerprint density at radius 3 is 2.92 bits per heavy atom. The Morgan fingerprint density at radius 1 is 1.42 bits per heavy atom. The molecule has 0 saturated carbocycles. The van der Waals surface area contributed by atoms with Crippen LogP contribution in [0.4, 0.5) is 0 Å². The molecular weight excluding hydrogens is 169 g/mol. The molecule has 0 aliphatic carbocycles. The van der Waals surface area contributed by atoms with E-state index in [-0.39, 0.29) is 40.9 Å². The van der Waals surface area contributed by atoms with Gasteiger partial charge in [0.25, 0.3) is 5.56 Å². The average Bonchev–Trinajstić information content (AvgIpc) is 2.32. The number of aromatic nitrogens is 1. The maximum Gasteiger partial charge on any atom is 1.00 e. The number of hydrogen-bond acceptors (Lipinski definition) is 3. The van der Waals surface area contributed by atoms with Gasteiger partial charge in [-0.25, -0.2) is 0 Å². The van der Waals surface area contributed by atoms with Crippen LogP contribution in [0, 0.1) is 0 Å². The number of aromatic amines is 1. The summed E-state index contributed by atoms with van der Waals surface area (Å²) in [6.07, 6.45) is 0. The molecule has 0 fully saturated rings. The minimum Gasteiger partial charge on any atom is -0.872 e. The van der Waals surface area contributed by atoms with Crippen LogP contribution >= 0.6 is 0 Å². The number of H-pyrrole nitrogens is 1. The second-order valence-corrected chi connectivity index (χ2v) is 2.19. The summed E-state index contributed by atoms with van der Waals surface area (Å²) in [6, 6.07) is 4.04. The molecule has 0 atom stereocenters. The standard InChI is InChI=1S/C7H5NO3.Na/c9-4-1-2-5-6(3-4)11-8-7(5)10;/h1-3,9H,(H,8,10);/q;+1/p-1. The summed E-state index contributed by atoms with van der Waals surface area (Å²) < 4.78 is 4.69. The van der Waals surface area contributed by atoms with E-state index in [4.69, 9.17) is 4.52 Å². The van der Waals surface area contributed by atoms with Crippen molar-refractivity contribution in [3.8, 4) is 5.75 Å². The van der Waals surface area contributed by atoms with Crippen LogP contribution in [0.3, 0.4) is 0 Å². The van der Waals surface area contributed by atoms with E-state index < -0.39 is 0 Å². The van der Waals surface area contributed by atoms with E-state index in [1.165, 1.54) is 18.2 Å². The first-order valence-electron chi connectivity index (χ1n) is 3.05. The SMILES string of the molecule is O=c1[nH]oc2cc([O-])ccc12.[Na+]. The van der Waals surface area contributed by atoms with E-state index in [0.717, 1.165) is 0 Å². The quantitative estimate of drug-likeness (QED) is 0.437. The van der Waals surface area contributed by atoms with Crippen molar-refractivity contribution >= 4 is 11.0 Å². The molecule has 2 aromatic rings. The van der Waals surface area contributed by atoms with Crippen molar-refractivity contribution in [1.82, 2.24) is 5.16 Å². The summed E-state index contributed by atoms with van der Waals surface area (Å²) in [5, 5.41) is 13.3. The zero-order valence-electron chi connectivity index (χ0n) is 6.46. The minimum atomic E-state index is -0.306. The third-order valence-electron chi connectivity index (χ3n) is 1.45. The van der Waals surface area contributed by atoms with Gasteiger partial charge in [0.1, 0.15) is 0 Å². The van der Waals surface area contributed by atoms with E-state index in [1.54, 1.807) is 0 Å². The first kappa shape index (κ1) is 9.38. The molecule has 5 heteroatoms. The predicted octanol–water partition coefficient (Wildman–Crippen LogP) is -2.80. The molecule has 0 unspecified atom stereocenters. The Bertz CT molecular complexity index is 445. The van der Waals surface area contributed by atoms with E-state index in [0.29, 0.717) is 11.0 Å². The van der Waals surface area contributed by atoms with E-state index in [2.05, 4.69) is 5.16 Å². The normalized spacial score (nSPS) is 9.67. The van der Waals surface area contributed by atoms with Gasteiger partial charge >= 0.3 is 29.6 Å². The van der Waals surface area contributed by atoms with Gasteiger partial charge in [-0.1, -0.05) is 6.07 Å². The fourth-order valence-electron chi connectivity index (χ4n) is 0.931. The van der Waals surface area contributed by atoms with E-state index in [9.17, 15) is 9.90 Å². The summed E-state index contributed by atoms with van der Waals surface area (Å²) in [6.45, 7) is 0. The summed E-state index contributed by atoms with van der Waals surface area (Å²) in [7, 11) is 0. The van der Waals surface area contributed by atoms with Crippen molar-refractivity contribution in [1.29, 1.82) is 0 Å². The maximum absolute atomic E-state index is 10.8. The Morgan fingerprint density at radius 2 is 2.17 bits per heavy atom. The molecule has 2 rings (SSSR count). The smallest absolute Gasteiger partial charge is 0.872 e. The van der Waals surface area contributed by atoms with Crippen LogP contribution in [-0.2, 0) is 0 Å². The molecule has 56 valence electrons. The van der Waals surface area contributed by atoms with Gasteiger partial charge in [-0.3, -0.25) is 4.79 Å². The van der Waals surface area contributed by atoms with Crippen LogP contribution in [0.15, 0.2) is 27.5 Å². The van der Waals surface area contributed by atoms with Gasteiger partial charge in [-0.15, -0.1) is 5.75 Å². The summed E-state index contributed by atoms with van der Waals surface area (Å²) in [5.41, 5.74) is 0.00231. The molecule has 0 aliphatic rings. The van der Waals surface area contributed by atoms with Crippen molar-refractivity contribution in [2.75, 3.05) is 0 Å². The van der Waals surface area contributed by atoms with Gasteiger partial charge in [0.2, 0.25) is 0 Å². The number of rotatable bonds is 0. The molecule has 1 N–H and O–H groups in total. The zero-order valence-corrected chi connectivity index (χ0v) is 8.46. The fraction of sp³-hybridized carbons (Fsp3) is 0. The molecule has 12 heavy (non-hydrogen) atoms. The third-order valence-corrected chi connectivity index (χ3v) is 1.45. The van der Waals surface area contributed by atoms with Crippen LogP contribution in [-0.4, -0.2) is 5.16 Å². The van der Waals surface area contributed by atoms with Crippen molar-refractivity contribution in [3.63, 3.8) is 0 Å². The molecule has 0 amide bonds. The van der Waals surface area contributed by atoms with Gasteiger partial charge in [0, 0.05) is 0 Å².